The molecule has 0 aromatic heterocycles. The lowest BCUT2D eigenvalue weighted by Gasteiger charge is -2.11. The third-order valence-corrected chi connectivity index (χ3v) is 3.54. The van der Waals surface area contributed by atoms with Gasteiger partial charge in [-0.2, -0.15) is 0 Å². The fourth-order valence-corrected chi connectivity index (χ4v) is 2.37. The molecule has 2 aromatic carbocycles. The largest absolute Gasteiger partial charge is 0.488 e. The molecule has 6 heteroatoms. The summed E-state index contributed by atoms with van der Waals surface area (Å²) in [5.41, 5.74) is 1.47. The van der Waals surface area contributed by atoms with Gasteiger partial charge in [0.15, 0.2) is 5.17 Å². The van der Waals surface area contributed by atoms with Crippen molar-refractivity contribution >= 4 is 40.0 Å². The van der Waals surface area contributed by atoms with E-state index in [9.17, 15) is 0 Å². The number of benzene rings is 2. The Kier molecular flexibility index (Phi) is 5.74. The number of oxime groups is 1. The van der Waals surface area contributed by atoms with Gasteiger partial charge in [0, 0.05) is 15.6 Å². The second-order valence-corrected chi connectivity index (χ2v) is 5.29. The lowest BCUT2D eigenvalue weighted by Crippen LogP contribution is -2.01. The molecule has 3 nitrogen and oxygen atoms in total. The van der Waals surface area contributed by atoms with Crippen LogP contribution in [0.25, 0.3) is 0 Å². The summed E-state index contributed by atoms with van der Waals surface area (Å²) in [5, 5.41) is 5.05. The van der Waals surface area contributed by atoms with Crippen LogP contribution in [-0.4, -0.2) is 12.3 Å². The Morgan fingerprint density at radius 1 is 1.14 bits per heavy atom. The van der Waals surface area contributed by atoms with Crippen LogP contribution < -0.4 is 4.74 Å². The van der Waals surface area contributed by atoms with Crippen LogP contribution >= 0.6 is 34.8 Å². The summed E-state index contributed by atoms with van der Waals surface area (Å²) in [5.74, 6) is 0.592. The average molecular weight is 345 g/mol. The van der Waals surface area contributed by atoms with Gasteiger partial charge in [-0.1, -0.05) is 58.2 Å². The van der Waals surface area contributed by atoms with Crippen molar-refractivity contribution in [2.75, 3.05) is 7.11 Å². The Balaban J connectivity index is 2.18. The molecule has 0 aliphatic carbocycles. The zero-order chi connectivity index (χ0) is 15.2. The Morgan fingerprint density at radius 2 is 1.90 bits per heavy atom. The maximum absolute atomic E-state index is 6.11. The first-order valence-electron chi connectivity index (χ1n) is 6.04. The van der Waals surface area contributed by atoms with Crippen molar-refractivity contribution in [2.24, 2.45) is 5.16 Å². The third kappa shape index (κ3) is 4.27. The van der Waals surface area contributed by atoms with Crippen LogP contribution in [0.3, 0.4) is 0 Å². The minimum Gasteiger partial charge on any atom is -0.488 e. The summed E-state index contributed by atoms with van der Waals surface area (Å²) in [7, 11) is 1.43. The number of rotatable bonds is 5. The zero-order valence-electron chi connectivity index (χ0n) is 11.1. The second kappa shape index (κ2) is 7.55. The van der Waals surface area contributed by atoms with E-state index in [0.717, 1.165) is 5.56 Å². The third-order valence-electron chi connectivity index (χ3n) is 2.68. The summed E-state index contributed by atoms with van der Waals surface area (Å²) >= 11 is 18.0. The van der Waals surface area contributed by atoms with Crippen molar-refractivity contribution in [3.63, 3.8) is 0 Å². The quantitative estimate of drug-likeness (QED) is 0.557. The van der Waals surface area contributed by atoms with Crippen LogP contribution in [0, 0.1) is 0 Å². The maximum atomic E-state index is 6.11. The van der Waals surface area contributed by atoms with E-state index in [2.05, 4.69) is 9.99 Å². The molecule has 0 aliphatic rings. The van der Waals surface area contributed by atoms with Crippen LogP contribution in [-0.2, 0) is 11.4 Å². The highest BCUT2D eigenvalue weighted by molar-refractivity contribution is 6.69. The van der Waals surface area contributed by atoms with E-state index < -0.39 is 0 Å². The number of halogens is 3. The summed E-state index contributed by atoms with van der Waals surface area (Å²) in [6.07, 6.45) is 0. The molecule has 0 aliphatic heterocycles. The molecule has 0 fully saturated rings. The van der Waals surface area contributed by atoms with Crippen LogP contribution in [0.4, 0.5) is 0 Å². The van der Waals surface area contributed by atoms with Crippen molar-refractivity contribution < 1.29 is 9.57 Å². The van der Waals surface area contributed by atoms with Gasteiger partial charge in [0.1, 0.15) is 19.5 Å². The second-order valence-electron chi connectivity index (χ2n) is 4.09. The molecular weight excluding hydrogens is 333 g/mol. The molecule has 0 spiro atoms. The van der Waals surface area contributed by atoms with Crippen LogP contribution in [0.15, 0.2) is 47.6 Å². The summed E-state index contributed by atoms with van der Waals surface area (Å²) in [4.78, 5) is 4.67. The molecule has 0 bridgehead atoms. The summed E-state index contributed by atoms with van der Waals surface area (Å²) in [6.45, 7) is 0.296. The SMILES string of the molecule is CON=C(Cl)c1ccccc1OCc1ccc(Cl)cc1Cl. The molecule has 0 heterocycles. The highest BCUT2D eigenvalue weighted by Gasteiger charge is 2.10. The lowest BCUT2D eigenvalue weighted by molar-refractivity contribution is 0.214. The van der Waals surface area contributed by atoms with E-state index >= 15 is 0 Å². The number of para-hydroxylation sites is 1. The Bertz CT molecular complexity index is 659. The van der Waals surface area contributed by atoms with E-state index in [1.165, 1.54) is 7.11 Å². The first-order valence-corrected chi connectivity index (χ1v) is 7.18. The standard InChI is InChI=1S/C15H12Cl3NO2/c1-20-19-15(18)12-4-2-3-5-14(12)21-9-10-6-7-11(16)8-13(10)17/h2-8H,9H2,1H3. The van der Waals surface area contributed by atoms with Gasteiger partial charge >= 0.3 is 0 Å². The minimum absolute atomic E-state index is 0.218. The molecule has 0 saturated heterocycles. The van der Waals surface area contributed by atoms with Crippen molar-refractivity contribution in [1.29, 1.82) is 0 Å². The number of ether oxygens (including phenoxy) is 1. The van der Waals surface area contributed by atoms with E-state index in [-0.39, 0.29) is 5.17 Å². The molecule has 0 atom stereocenters. The van der Waals surface area contributed by atoms with Gasteiger partial charge in [0.05, 0.1) is 5.56 Å². The van der Waals surface area contributed by atoms with Gasteiger partial charge in [0.25, 0.3) is 0 Å². The fourth-order valence-electron chi connectivity index (χ4n) is 1.69. The molecule has 2 aromatic rings. The Hall–Kier alpha value is -1.42. The van der Waals surface area contributed by atoms with E-state index in [0.29, 0.717) is 28.0 Å². The molecule has 0 radical (unpaired) electrons. The highest BCUT2D eigenvalue weighted by atomic mass is 35.5. The topological polar surface area (TPSA) is 30.8 Å². The fraction of sp³-hybridized carbons (Fsp3) is 0.133. The molecule has 0 N–H and O–H groups in total. The highest BCUT2D eigenvalue weighted by Crippen LogP contribution is 2.25. The monoisotopic (exact) mass is 343 g/mol. The van der Waals surface area contributed by atoms with Crippen molar-refractivity contribution in [2.45, 2.75) is 6.61 Å². The zero-order valence-corrected chi connectivity index (χ0v) is 13.4. The molecule has 0 unspecified atom stereocenters. The van der Waals surface area contributed by atoms with Crippen LogP contribution in [0.1, 0.15) is 11.1 Å². The van der Waals surface area contributed by atoms with Gasteiger partial charge in [-0.05, 0) is 24.3 Å². The summed E-state index contributed by atoms with van der Waals surface area (Å²) in [6, 6.07) is 12.5. The molecule has 0 amide bonds. The average Bonchev–Trinajstić information content (AvgIpc) is 2.47. The Labute approximate surface area is 138 Å². The normalized spacial score (nSPS) is 11.3. The van der Waals surface area contributed by atoms with Gasteiger partial charge in [0.2, 0.25) is 0 Å². The maximum Gasteiger partial charge on any atom is 0.179 e. The summed E-state index contributed by atoms with van der Waals surface area (Å²) < 4.78 is 5.76. The molecule has 2 rings (SSSR count). The van der Waals surface area contributed by atoms with Gasteiger partial charge in [-0.15, -0.1) is 0 Å². The van der Waals surface area contributed by atoms with Crippen molar-refractivity contribution in [3.05, 3.63) is 63.6 Å². The Morgan fingerprint density at radius 3 is 2.62 bits per heavy atom. The van der Waals surface area contributed by atoms with Crippen molar-refractivity contribution in [3.8, 4) is 5.75 Å². The molecule has 21 heavy (non-hydrogen) atoms. The predicted molar refractivity (Wildman–Crippen MR) is 86.6 cm³/mol. The van der Waals surface area contributed by atoms with E-state index in [1.807, 2.05) is 18.2 Å². The number of hydrogen-bond donors (Lipinski definition) is 0. The van der Waals surface area contributed by atoms with Gasteiger partial charge < -0.3 is 9.57 Å². The van der Waals surface area contributed by atoms with Crippen LogP contribution in [0.5, 0.6) is 5.75 Å². The van der Waals surface area contributed by atoms with Gasteiger partial charge in [-0.3, -0.25) is 0 Å². The predicted octanol–water partition coefficient (Wildman–Crippen LogP) is 5.12. The van der Waals surface area contributed by atoms with Crippen LogP contribution in [0.2, 0.25) is 10.0 Å². The smallest absolute Gasteiger partial charge is 0.179 e. The van der Waals surface area contributed by atoms with Gasteiger partial charge in [-0.25, -0.2) is 0 Å². The number of hydrogen-bond acceptors (Lipinski definition) is 3. The van der Waals surface area contributed by atoms with E-state index in [1.54, 1.807) is 24.3 Å². The van der Waals surface area contributed by atoms with E-state index in [4.69, 9.17) is 39.5 Å². The molecular formula is C15H12Cl3NO2. The first kappa shape index (κ1) is 16.0. The van der Waals surface area contributed by atoms with Crippen molar-refractivity contribution in [1.82, 2.24) is 0 Å². The first-order chi connectivity index (χ1) is 10.1. The molecule has 0 saturated carbocycles. The number of nitrogens with zero attached hydrogens (tertiary/aromatic N) is 1. The molecule has 110 valence electrons. The minimum atomic E-state index is 0.218. The lowest BCUT2D eigenvalue weighted by atomic mass is 10.2.